The first-order chi connectivity index (χ1) is 11.3. The molecule has 1 aromatic rings. The Morgan fingerprint density at radius 3 is 2.87 bits per heavy atom. The van der Waals surface area contributed by atoms with Gasteiger partial charge in [-0.05, 0) is 25.0 Å². The standard InChI is InChI=1S/C17H25N3O3/c1-22-15-5-2-4-14(12-15)19-7-9-20(10-8-19)17(21)18-13-16-6-3-11-23-16/h2,4-5,12,16H,3,6-11,13H2,1H3,(H,18,21). The predicted molar refractivity (Wildman–Crippen MR) is 89.2 cm³/mol. The van der Waals surface area contributed by atoms with Crippen molar-refractivity contribution in [1.82, 2.24) is 10.2 Å². The molecule has 2 amide bonds. The first kappa shape index (κ1) is 15.9. The van der Waals surface area contributed by atoms with Crippen molar-refractivity contribution in [3.8, 4) is 5.75 Å². The maximum Gasteiger partial charge on any atom is 0.317 e. The molecular formula is C17H25N3O3. The number of hydrogen-bond donors (Lipinski definition) is 1. The third-order valence-corrected chi connectivity index (χ3v) is 4.49. The number of nitrogens with zero attached hydrogens (tertiary/aromatic N) is 2. The average Bonchev–Trinajstić information content (AvgIpc) is 3.13. The summed E-state index contributed by atoms with van der Waals surface area (Å²) >= 11 is 0. The summed E-state index contributed by atoms with van der Waals surface area (Å²) in [4.78, 5) is 16.4. The molecule has 2 saturated heterocycles. The van der Waals surface area contributed by atoms with Crippen molar-refractivity contribution in [2.24, 2.45) is 0 Å². The second kappa shape index (κ2) is 7.55. The van der Waals surface area contributed by atoms with Crippen LogP contribution in [0.3, 0.4) is 0 Å². The Balaban J connectivity index is 1.46. The molecule has 126 valence electrons. The van der Waals surface area contributed by atoms with E-state index in [0.717, 1.165) is 57.1 Å². The number of carbonyl (C=O) groups is 1. The molecule has 1 aromatic carbocycles. The van der Waals surface area contributed by atoms with E-state index in [-0.39, 0.29) is 12.1 Å². The first-order valence-corrected chi connectivity index (χ1v) is 8.29. The highest BCUT2D eigenvalue weighted by atomic mass is 16.5. The highest BCUT2D eigenvalue weighted by Gasteiger charge is 2.23. The Morgan fingerprint density at radius 1 is 1.35 bits per heavy atom. The van der Waals surface area contributed by atoms with Gasteiger partial charge in [-0.2, -0.15) is 0 Å². The second-order valence-corrected chi connectivity index (χ2v) is 6.00. The average molecular weight is 319 g/mol. The topological polar surface area (TPSA) is 54.0 Å². The van der Waals surface area contributed by atoms with Crippen LogP contribution in [0, 0.1) is 0 Å². The number of ether oxygens (including phenoxy) is 2. The van der Waals surface area contributed by atoms with Gasteiger partial charge in [0.2, 0.25) is 0 Å². The minimum Gasteiger partial charge on any atom is -0.497 e. The number of piperazine rings is 1. The van der Waals surface area contributed by atoms with E-state index in [1.807, 2.05) is 23.1 Å². The van der Waals surface area contributed by atoms with Crippen molar-refractivity contribution in [1.29, 1.82) is 0 Å². The van der Waals surface area contributed by atoms with Crippen LogP contribution in [0.25, 0.3) is 0 Å². The molecule has 0 aromatic heterocycles. The fourth-order valence-electron chi connectivity index (χ4n) is 3.09. The molecule has 0 radical (unpaired) electrons. The quantitative estimate of drug-likeness (QED) is 0.918. The summed E-state index contributed by atoms with van der Waals surface area (Å²) < 4.78 is 10.8. The van der Waals surface area contributed by atoms with Gasteiger partial charge in [0.25, 0.3) is 0 Å². The van der Waals surface area contributed by atoms with Crippen LogP contribution >= 0.6 is 0 Å². The van der Waals surface area contributed by atoms with E-state index < -0.39 is 0 Å². The molecular weight excluding hydrogens is 294 g/mol. The Morgan fingerprint density at radius 2 is 2.17 bits per heavy atom. The Labute approximate surface area is 137 Å². The zero-order valence-corrected chi connectivity index (χ0v) is 13.7. The number of methoxy groups -OCH3 is 1. The van der Waals surface area contributed by atoms with Crippen molar-refractivity contribution in [3.05, 3.63) is 24.3 Å². The molecule has 0 bridgehead atoms. The first-order valence-electron chi connectivity index (χ1n) is 8.29. The van der Waals surface area contributed by atoms with E-state index in [0.29, 0.717) is 6.54 Å². The van der Waals surface area contributed by atoms with Crippen molar-refractivity contribution >= 4 is 11.7 Å². The van der Waals surface area contributed by atoms with E-state index in [9.17, 15) is 4.79 Å². The number of benzene rings is 1. The van der Waals surface area contributed by atoms with Gasteiger partial charge >= 0.3 is 6.03 Å². The van der Waals surface area contributed by atoms with Crippen LogP contribution in [0.4, 0.5) is 10.5 Å². The molecule has 3 rings (SSSR count). The minimum absolute atomic E-state index is 0.0193. The van der Waals surface area contributed by atoms with E-state index in [1.54, 1.807) is 7.11 Å². The molecule has 2 fully saturated rings. The molecule has 23 heavy (non-hydrogen) atoms. The fraction of sp³-hybridized carbons (Fsp3) is 0.588. The number of amides is 2. The van der Waals surface area contributed by atoms with Gasteiger partial charge < -0.3 is 24.6 Å². The van der Waals surface area contributed by atoms with E-state index >= 15 is 0 Å². The third-order valence-electron chi connectivity index (χ3n) is 4.49. The number of hydrogen-bond acceptors (Lipinski definition) is 4. The molecule has 1 atom stereocenters. The SMILES string of the molecule is COc1cccc(N2CCN(C(=O)NCC3CCCO3)CC2)c1. The van der Waals surface area contributed by atoms with E-state index in [4.69, 9.17) is 9.47 Å². The monoisotopic (exact) mass is 319 g/mol. The fourth-order valence-corrected chi connectivity index (χ4v) is 3.09. The number of nitrogens with one attached hydrogen (secondary N) is 1. The lowest BCUT2D eigenvalue weighted by atomic mass is 10.2. The molecule has 2 aliphatic heterocycles. The van der Waals surface area contributed by atoms with Gasteiger partial charge in [-0.15, -0.1) is 0 Å². The Bertz CT molecular complexity index is 524. The van der Waals surface area contributed by atoms with Crippen LogP contribution in [0.15, 0.2) is 24.3 Å². The zero-order chi connectivity index (χ0) is 16.1. The molecule has 6 heteroatoms. The summed E-state index contributed by atoms with van der Waals surface area (Å²) in [5.41, 5.74) is 1.14. The van der Waals surface area contributed by atoms with Crippen LogP contribution in [0.5, 0.6) is 5.75 Å². The summed E-state index contributed by atoms with van der Waals surface area (Å²) in [5, 5.41) is 2.99. The highest BCUT2D eigenvalue weighted by molar-refractivity contribution is 5.74. The van der Waals surface area contributed by atoms with E-state index in [2.05, 4.69) is 16.3 Å². The van der Waals surface area contributed by atoms with Crippen molar-refractivity contribution in [3.63, 3.8) is 0 Å². The molecule has 0 spiro atoms. The summed E-state index contributed by atoms with van der Waals surface area (Å²) in [6, 6.07) is 8.07. The van der Waals surface area contributed by atoms with Gasteiger partial charge in [0.05, 0.1) is 13.2 Å². The second-order valence-electron chi connectivity index (χ2n) is 6.00. The number of urea groups is 1. The Hall–Kier alpha value is -1.95. The van der Waals surface area contributed by atoms with Gasteiger partial charge in [0.15, 0.2) is 0 Å². The summed E-state index contributed by atoms with van der Waals surface area (Å²) in [6.45, 7) is 4.57. The number of carbonyl (C=O) groups excluding carboxylic acids is 1. The maximum absolute atomic E-state index is 12.2. The van der Waals surface area contributed by atoms with Crippen LogP contribution in [-0.4, -0.2) is 63.5 Å². The summed E-state index contributed by atoms with van der Waals surface area (Å²) in [6.07, 6.45) is 2.33. The van der Waals surface area contributed by atoms with Crippen molar-refractivity contribution < 1.29 is 14.3 Å². The van der Waals surface area contributed by atoms with Crippen molar-refractivity contribution in [2.45, 2.75) is 18.9 Å². The normalized spacial score (nSPS) is 21.3. The minimum atomic E-state index is 0.0193. The smallest absolute Gasteiger partial charge is 0.317 e. The van der Waals surface area contributed by atoms with Crippen LogP contribution < -0.4 is 15.0 Å². The summed E-state index contributed by atoms with van der Waals surface area (Å²) in [7, 11) is 1.68. The molecule has 2 heterocycles. The van der Waals surface area contributed by atoms with Gasteiger partial charge in [-0.3, -0.25) is 0 Å². The van der Waals surface area contributed by atoms with Crippen LogP contribution in [0.1, 0.15) is 12.8 Å². The van der Waals surface area contributed by atoms with Gasteiger partial charge in [-0.1, -0.05) is 6.07 Å². The number of rotatable bonds is 4. The van der Waals surface area contributed by atoms with Gasteiger partial charge in [0.1, 0.15) is 5.75 Å². The van der Waals surface area contributed by atoms with Crippen LogP contribution in [0.2, 0.25) is 0 Å². The molecule has 6 nitrogen and oxygen atoms in total. The van der Waals surface area contributed by atoms with Gasteiger partial charge in [-0.25, -0.2) is 4.79 Å². The molecule has 0 aliphatic carbocycles. The third kappa shape index (κ3) is 4.07. The molecule has 1 N–H and O–H groups in total. The lowest BCUT2D eigenvalue weighted by Crippen LogP contribution is -2.52. The highest BCUT2D eigenvalue weighted by Crippen LogP contribution is 2.22. The predicted octanol–water partition coefficient (Wildman–Crippen LogP) is 1.71. The maximum atomic E-state index is 12.2. The lowest BCUT2D eigenvalue weighted by Gasteiger charge is -2.36. The zero-order valence-electron chi connectivity index (χ0n) is 13.7. The molecule has 1 unspecified atom stereocenters. The van der Waals surface area contributed by atoms with Crippen LogP contribution in [-0.2, 0) is 4.74 Å². The van der Waals surface area contributed by atoms with E-state index in [1.165, 1.54) is 0 Å². The lowest BCUT2D eigenvalue weighted by molar-refractivity contribution is 0.108. The Kier molecular flexibility index (Phi) is 5.23. The van der Waals surface area contributed by atoms with Crippen molar-refractivity contribution in [2.75, 3.05) is 51.3 Å². The summed E-state index contributed by atoms with van der Waals surface area (Å²) in [5.74, 6) is 0.860. The molecule has 0 saturated carbocycles. The largest absolute Gasteiger partial charge is 0.497 e. The number of anilines is 1. The molecule has 2 aliphatic rings. The van der Waals surface area contributed by atoms with Gasteiger partial charge in [0, 0.05) is 51.1 Å².